The number of fused-ring (bicyclic) bond motifs is 2. The first-order valence-electron chi connectivity index (χ1n) is 10.8. The van der Waals surface area contributed by atoms with Crippen molar-refractivity contribution < 1.29 is 9.90 Å². The number of nitrogens with two attached hydrogens (primary N) is 1. The van der Waals surface area contributed by atoms with Crippen molar-refractivity contribution in [1.29, 1.82) is 0 Å². The number of anilines is 4. The first kappa shape index (κ1) is 21.6. The van der Waals surface area contributed by atoms with E-state index in [0.717, 1.165) is 23.2 Å². The van der Waals surface area contributed by atoms with E-state index in [1.54, 1.807) is 34.1 Å². The Bertz CT molecular complexity index is 1390. The van der Waals surface area contributed by atoms with Crippen molar-refractivity contribution in [2.24, 2.45) is 4.99 Å². The zero-order chi connectivity index (χ0) is 24.0. The lowest BCUT2D eigenvalue weighted by atomic mass is 10.1. The second-order valence-corrected chi connectivity index (χ2v) is 8.31. The minimum atomic E-state index is -0.171. The third-order valence-electron chi connectivity index (χ3n) is 6.15. The van der Waals surface area contributed by atoms with Crippen molar-refractivity contribution in [3.05, 3.63) is 53.6 Å². The predicted octanol–water partition coefficient (Wildman–Crippen LogP) is 1.79. The number of nitrogens with zero attached hydrogens (tertiary/aromatic N) is 7. The monoisotopic (exact) mass is 459 g/mol. The van der Waals surface area contributed by atoms with Gasteiger partial charge < -0.3 is 21.1 Å². The fourth-order valence-corrected chi connectivity index (χ4v) is 4.08. The molecule has 0 saturated heterocycles. The molecule has 1 amide bonds. The Morgan fingerprint density at radius 2 is 2.09 bits per heavy atom. The fourth-order valence-electron chi connectivity index (χ4n) is 4.08. The molecule has 4 N–H and O–H groups in total. The summed E-state index contributed by atoms with van der Waals surface area (Å²) in [7, 11) is 1.80. The molecule has 5 rings (SSSR count). The molecule has 34 heavy (non-hydrogen) atoms. The number of amides is 1. The molecule has 5 heterocycles. The van der Waals surface area contributed by atoms with E-state index in [1.807, 2.05) is 25.1 Å². The second-order valence-electron chi connectivity index (χ2n) is 8.31. The summed E-state index contributed by atoms with van der Waals surface area (Å²) < 4.78 is 1.73. The van der Waals surface area contributed by atoms with E-state index in [2.05, 4.69) is 32.0 Å². The van der Waals surface area contributed by atoms with Crippen LogP contribution < -0.4 is 16.0 Å². The number of allylic oxidation sites excluding steroid dienone is 1. The summed E-state index contributed by atoms with van der Waals surface area (Å²) in [5.74, 6) is 2.14. The number of aliphatic hydroxyl groups excluding tert-OH is 1. The number of hydrogen-bond donors (Lipinski definition) is 3. The van der Waals surface area contributed by atoms with Gasteiger partial charge in [0.05, 0.1) is 12.3 Å². The lowest BCUT2D eigenvalue weighted by Crippen LogP contribution is -2.29. The lowest BCUT2D eigenvalue weighted by Gasteiger charge is -2.26. The van der Waals surface area contributed by atoms with E-state index in [-0.39, 0.29) is 19.1 Å². The van der Waals surface area contributed by atoms with Crippen molar-refractivity contribution in [3.63, 3.8) is 0 Å². The SMILES string of the molecule is C=C1N=CN(c2cc3cc(Nc4cc5n(n4)CC(=O)N(C)CC5)ncc3c(N)n2)C(C)=C1CO. The summed E-state index contributed by atoms with van der Waals surface area (Å²) in [6, 6.07) is 5.69. The van der Waals surface area contributed by atoms with Crippen molar-refractivity contribution in [1.82, 2.24) is 24.6 Å². The molecule has 0 radical (unpaired) electrons. The Morgan fingerprint density at radius 3 is 2.88 bits per heavy atom. The molecular formula is C23H25N9O2. The average Bonchev–Trinajstić information content (AvgIpc) is 3.12. The minimum absolute atomic E-state index is 0.0336. The number of carbonyl (C=O) groups is 1. The number of rotatable bonds is 4. The number of nitrogen functional groups attached to an aromatic ring is 1. The standard InChI is InChI=1S/C23H25N9O2/c1-13-18(11-33)14(2)31(12-26-13)21-7-15-6-19(25-9-17(15)23(24)28-21)27-20-8-16-4-5-30(3)22(34)10-32(16)29-20/h6-9,12,33H,1,4-5,10-11H2,2-3H3,(H2,24,28)(H,25,27,29). The zero-order valence-corrected chi connectivity index (χ0v) is 19.0. The van der Waals surface area contributed by atoms with Crippen LogP contribution in [0, 0.1) is 0 Å². The number of nitrogens with one attached hydrogen (secondary N) is 1. The highest BCUT2D eigenvalue weighted by molar-refractivity contribution is 5.96. The summed E-state index contributed by atoms with van der Waals surface area (Å²) >= 11 is 0. The quantitative estimate of drug-likeness (QED) is 0.537. The van der Waals surface area contributed by atoms with Crippen LogP contribution in [-0.2, 0) is 17.8 Å². The van der Waals surface area contributed by atoms with E-state index in [9.17, 15) is 9.90 Å². The topological polar surface area (TPSA) is 138 Å². The number of aliphatic imine (C=N–C) groups is 1. The van der Waals surface area contributed by atoms with Gasteiger partial charge in [-0.05, 0) is 24.4 Å². The van der Waals surface area contributed by atoms with Gasteiger partial charge in [-0.1, -0.05) is 6.58 Å². The van der Waals surface area contributed by atoms with Gasteiger partial charge in [0.1, 0.15) is 30.3 Å². The smallest absolute Gasteiger partial charge is 0.244 e. The zero-order valence-electron chi connectivity index (χ0n) is 19.0. The highest BCUT2D eigenvalue weighted by Gasteiger charge is 2.21. The molecule has 0 spiro atoms. The van der Waals surface area contributed by atoms with Crippen LogP contribution in [0.1, 0.15) is 12.6 Å². The second kappa shape index (κ2) is 8.27. The third kappa shape index (κ3) is 3.75. The predicted molar refractivity (Wildman–Crippen MR) is 131 cm³/mol. The van der Waals surface area contributed by atoms with Gasteiger partial charge in [0.2, 0.25) is 5.91 Å². The Kier molecular flexibility index (Phi) is 5.25. The van der Waals surface area contributed by atoms with E-state index in [0.29, 0.717) is 46.5 Å². The first-order valence-corrected chi connectivity index (χ1v) is 10.8. The van der Waals surface area contributed by atoms with Crippen LogP contribution in [0.15, 0.2) is 52.9 Å². The van der Waals surface area contributed by atoms with Crippen molar-refractivity contribution in [2.75, 3.05) is 36.1 Å². The van der Waals surface area contributed by atoms with E-state index >= 15 is 0 Å². The van der Waals surface area contributed by atoms with Gasteiger partial charge in [0.25, 0.3) is 0 Å². The van der Waals surface area contributed by atoms with Gasteiger partial charge in [-0.2, -0.15) is 5.10 Å². The molecule has 3 aromatic rings. The first-order chi connectivity index (χ1) is 16.3. The number of hydrogen-bond acceptors (Lipinski definition) is 9. The maximum Gasteiger partial charge on any atom is 0.244 e. The molecule has 2 aliphatic rings. The van der Waals surface area contributed by atoms with E-state index < -0.39 is 0 Å². The van der Waals surface area contributed by atoms with Crippen molar-refractivity contribution >= 4 is 46.3 Å². The largest absolute Gasteiger partial charge is 0.392 e. The molecule has 0 saturated carbocycles. The van der Waals surface area contributed by atoms with Gasteiger partial charge in [-0.3, -0.25) is 14.4 Å². The molecule has 3 aromatic heterocycles. The summed E-state index contributed by atoms with van der Waals surface area (Å²) in [5.41, 5.74) is 9.17. The van der Waals surface area contributed by atoms with Gasteiger partial charge in [0, 0.05) is 54.6 Å². The Labute approximate surface area is 195 Å². The van der Waals surface area contributed by atoms with Gasteiger partial charge in [0.15, 0.2) is 5.82 Å². The molecule has 11 heteroatoms. The van der Waals surface area contributed by atoms with Gasteiger partial charge in [-0.25, -0.2) is 15.0 Å². The maximum absolute atomic E-state index is 12.1. The Morgan fingerprint density at radius 1 is 1.26 bits per heavy atom. The van der Waals surface area contributed by atoms with Crippen LogP contribution in [0.4, 0.5) is 23.3 Å². The number of aromatic nitrogens is 4. The van der Waals surface area contributed by atoms with E-state index in [1.165, 1.54) is 0 Å². The molecule has 0 aliphatic carbocycles. The molecule has 0 fully saturated rings. The Balaban J connectivity index is 1.46. The number of carbonyl (C=O) groups excluding carboxylic acids is 1. The van der Waals surface area contributed by atoms with Gasteiger partial charge >= 0.3 is 0 Å². The van der Waals surface area contributed by atoms with Crippen LogP contribution in [0.5, 0.6) is 0 Å². The number of likely N-dealkylation sites (N-methyl/N-ethyl adjacent to an activating group) is 1. The maximum atomic E-state index is 12.1. The summed E-state index contributed by atoms with van der Waals surface area (Å²) in [5, 5.41) is 19.0. The minimum Gasteiger partial charge on any atom is -0.392 e. The lowest BCUT2D eigenvalue weighted by molar-refractivity contribution is -0.130. The van der Waals surface area contributed by atoms with Crippen LogP contribution in [0.2, 0.25) is 0 Å². The van der Waals surface area contributed by atoms with Crippen LogP contribution >= 0.6 is 0 Å². The molecule has 174 valence electrons. The molecule has 0 aromatic carbocycles. The van der Waals surface area contributed by atoms with Crippen molar-refractivity contribution in [2.45, 2.75) is 19.9 Å². The Hall–Kier alpha value is -4.25. The van der Waals surface area contributed by atoms with E-state index in [4.69, 9.17) is 5.73 Å². The molecule has 11 nitrogen and oxygen atoms in total. The molecule has 0 bridgehead atoms. The van der Waals surface area contributed by atoms with Gasteiger partial charge in [-0.15, -0.1) is 0 Å². The summed E-state index contributed by atoms with van der Waals surface area (Å²) in [4.78, 5) is 28.9. The molecule has 2 aliphatic heterocycles. The summed E-state index contributed by atoms with van der Waals surface area (Å²) in [6.45, 7) is 6.45. The number of aliphatic hydroxyl groups is 1. The normalized spacial score (nSPS) is 16.3. The summed E-state index contributed by atoms with van der Waals surface area (Å²) in [6.07, 6.45) is 4.01. The molecule has 0 unspecified atom stereocenters. The highest BCUT2D eigenvalue weighted by atomic mass is 16.3. The van der Waals surface area contributed by atoms with Crippen LogP contribution in [0.25, 0.3) is 10.8 Å². The molecule has 0 atom stereocenters. The highest BCUT2D eigenvalue weighted by Crippen LogP contribution is 2.31. The average molecular weight is 460 g/mol. The third-order valence-corrected chi connectivity index (χ3v) is 6.15. The van der Waals surface area contributed by atoms with Crippen LogP contribution in [0.3, 0.4) is 0 Å². The number of pyridine rings is 2. The van der Waals surface area contributed by atoms with Crippen molar-refractivity contribution in [3.8, 4) is 0 Å². The van der Waals surface area contributed by atoms with Crippen LogP contribution in [-0.4, -0.2) is 62.2 Å². The molecular weight excluding hydrogens is 434 g/mol. The fraction of sp³-hybridized carbons (Fsp3) is 0.261.